The third-order valence-electron chi connectivity index (χ3n) is 7.14. The summed E-state index contributed by atoms with van der Waals surface area (Å²) in [5, 5.41) is 0. The highest BCUT2D eigenvalue weighted by Gasteiger charge is 2.34. The van der Waals surface area contributed by atoms with Crippen molar-refractivity contribution in [1.82, 2.24) is 14.7 Å². The fourth-order valence-corrected chi connectivity index (χ4v) is 5.48. The fraction of sp³-hybridized carbons (Fsp3) is 0.696. The molecule has 6 heteroatoms. The third kappa shape index (κ3) is 4.24. The molecule has 0 N–H and O–H groups in total. The van der Waals surface area contributed by atoms with Crippen LogP contribution >= 0.6 is 0 Å². The number of carbonyl (C=O) groups excluding carboxylic acids is 1. The zero-order valence-electron chi connectivity index (χ0n) is 17.4. The van der Waals surface area contributed by atoms with E-state index in [1.54, 1.807) is 0 Å². The molecule has 0 spiro atoms. The molecule has 5 rings (SSSR count). The molecule has 29 heavy (non-hydrogen) atoms. The van der Waals surface area contributed by atoms with Gasteiger partial charge in [0.1, 0.15) is 0 Å². The van der Waals surface area contributed by atoms with Gasteiger partial charge >= 0.3 is 0 Å². The summed E-state index contributed by atoms with van der Waals surface area (Å²) in [6.07, 6.45) is 7.02. The Kier molecular flexibility index (Phi) is 5.64. The normalized spacial score (nSPS) is 26.2. The highest BCUT2D eigenvalue weighted by atomic mass is 16.7. The predicted molar refractivity (Wildman–Crippen MR) is 111 cm³/mol. The van der Waals surface area contributed by atoms with E-state index in [1.165, 1.54) is 37.7 Å². The Morgan fingerprint density at radius 3 is 2.55 bits per heavy atom. The molecule has 0 saturated carbocycles. The van der Waals surface area contributed by atoms with Crippen molar-refractivity contribution in [2.45, 2.75) is 51.1 Å². The fourth-order valence-electron chi connectivity index (χ4n) is 5.48. The zero-order valence-corrected chi connectivity index (χ0v) is 17.4. The van der Waals surface area contributed by atoms with Crippen LogP contribution in [-0.4, -0.2) is 72.7 Å². The minimum absolute atomic E-state index is 0.230. The molecule has 1 amide bonds. The van der Waals surface area contributed by atoms with Crippen LogP contribution in [0.25, 0.3) is 0 Å². The Hall–Kier alpha value is -1.79. The molecule has 4 aliphatic rings. The predicted octanol–water partition coefficient (Wildman–Crippen LogP) is 2.71. The van der Waals surface area contributed by atoms with E-state index in [0.29, 0.717) is 18.7 Å². The molecular weight excluding hydrogens is 366 g/mol. The minimum atomic E-state index is 0.230. The van der Waals surface area contributed by atoms with Crippen molar-refractivity contribution in [2.24, 2.45) is 5.92 Å². The summed E-state index contributed by atoms with van der Waals surface area (Å²) in [4.78, 5) is 20.1. The van der Waals surface area contributed by atoms with Gasteiger partial charge in [-0.2, -0.15) is 0 Å². The van der Waals surface area contributed by atoms with Gasteiger partial charge in [-0.3, -0.25) is 14.6 Å². The SMILES string of the molecule is O=C([C@H]1CCCN(C2CCN(Cc3ccc4c(c3)OCO4)CC2)C1)N1CCCC1. The van der Waals surface area contributed by atoms with Crippen molar-refractivity contribution in [2.75, 3.05) is 46.1 Å². The number of amides is 1. The molecule has 4 aliphatic heterocycles. The highest BCUT2D eigenvalue weighted by Crippen LogP contribution is 2.33. The summed E-state index contributed by atoms with van der Waals surface area (Å²) in [7, 11) is 0. The van der Waals surface area contributed by atoms with Gasteiger partial charge in [-0.05, 0) is 75.9 Å². The van der Waals surface area contributed by atoms with Crippen LogP contribution in [0.5, 0.6) is 11.5 Å². The maximum atomic E-state index is 12.8. The van der Waals surface area contributed by atoms with Crippen molar-refractivity contribution < 1.29 is 14.3 Å². The topological polar surface area (TPSA) is 45.3 Å². The van der Waals surface area contributed by atoms with E-state index in [2.05, 4.69) is 26.8 Å². The minimum Gasteiger partial charge on any atom is -0.454 e. The third-order valence-corrected chi connectivity index (χ3v) is 7.14. The second-order valence-electron chi connectivity index (χ2n) is 9.06. The number of benzene rings is 1. The highest BCUT2D eigenvalue weighted by molar-refractivity contribution is 5.79. The van der Waals surface area contributed by atoms with Gasteiger partial charge in [0.25, 0.3) is 0 Å². The molecular formula is C23H33N3O3. The lowest BCUT2D eigenvalue weighted by Crippen LogP contribution is -2.51. The average Bonchev–Trinajstić information content (AvgIpc) is 3.46. The van der Waals surface area contributed by atoms with E-state index in [-0.39, 0.29) is 5.92 Å². The zero-order chi connectivity index (χ0) is 19.6. The van der Waals surface area contributed by atoms with Gasteiger partial charge < -0.3 is 14.4 Å². The Morgan fingerprint density at radius 1 is 0.931 bits per heavy atom. The summed E-state index contributed by atoms with van der Waals surface area (Å²) in [6, 6.07) is 6.93. The van der Waals surface area contributed by atoms with Gasteiger partial charge in [0.2, 0.25) is 12.7 Å². The van der Waals surface area contributed by atoms with Crippen molar-refractivity contribution in [3.05, 3.63) is 23.8 Å². The van der Waals surface area contributed by atoms with E-state index in [4.69, 9.17) is 9.47 Å². The summed E-state index contributed by atoms with van der Waals surface area (Å²) in [6.45, 7) is 7.65. The van der Waals surface area contributed by atoms with Gasteiger partial charge in [-0.1, -0.05) is 6.07 Å². The first-order valence-corrected chi connectivity index (χ1v) is 11.4. The van der Waals surface area contributed by atoms with Gasteiger partial charge in [-0.15, -0.1) is 0 Å². The number of fused-ring (bicyclic) bond motifs is 1. The maximum absolute atomic E-state index is 12.8. The lowest BCUT2D eigenvalue weighted by Gasteiger charge is -2.42. The molecule has 1 aromatic rings. The Labute approximate surface area is 173 Å². The number of rotatable bonds is 4. The summed E-state index contributed by atoms with van der Waals surface area (Å²) < 4.78 is 10.9. The van der Waals surface area contributed by atoms with Crippen LogP contribution in [0, 0.1) is 5.92 Å². The molecule has 1 atom stereocenters. The van der Waals surface area contributed by atoms with Crippen LogP contribution in [-0.2, 0) is 11.3 Å². The Balaban J connectivity index is 1.12. The molecule has 3 saturated heterocycles. The van der Waals surface area contributed by atoms with Crippen molar-refractivity contribution >= 4 is 5.91 Å². The summed E-state index contributed by atoms with van der Waals surface area (Å²) >= 11 is 0. The smallest absolute Gasteiger partial charge is 0.231 e. The lowest BCUT2D eigenvalue weighted by molar-refractivity contribution is -0.136. The van der Waals surface area contributed by atoms with E-state index < -0.39 is 0 Å². The van der Waals surface area contributed by atoms with Crippen molar-refractivity contribution in [3.63, 3.8) is 0 Å². The van der Waals surface area contributed by atoms with E-state index >= 15 is 0 Å². The largest absolute Gasteiger partial charge is 0.454 e. The van der Waals surface area contributed by atoms with Crippen molar-refractivity contribution in [3.8, 4) is 11.5 Å². The molecule has 0 aliphatic carbocycles. The molecule has 0 radical (unpaired) electrons. The number of ether oxygens (including phenoxy) is 2. The number of hydrogen-bond donors (Lipinski definition) is 0. The quantitative estimate of drug-likeness (QED) is 0.779. The summed E-state index contributed by atoms with van der Waals surface area (Å²) in [5.74, 6) is 2.39. The van der Waals surface area contributed by atoms with Crippen LogP contribution in [0.3, 0.4) is 0 Å². The monoisotopic (exact) mass is 399 g/mol. The summed E-state index contributed by atoms with van der Waals surface area (Å²) in [5.41, 5.74) is 1.29. The second kappa shape index (κ2) is 8.52. The number of piperidine rings is 2. The second-order valence-corrected chi connectivity index (χ2v) is 9.06. The first-order valence-electron chi connectivity index (χ1n) is 11.4. The number of hydrogen-bond acceptors (Lipinski definition) is 5. The lowest BCUT2D eigenvalue weighted by atomic mass is 9.93. The molecule has 4 heterocycles. The first-order chi connectivity index (χ1) is 14.3. The Morgan fingerprint density at radius 2 is 1.72 bits per heavy atom. The molecule has 0 aromatic heterocycles. The molecule has 158 valence electrons. The number of nitrogens with zero attached hydrogens (tertiary/aromatic N) is 3. The molecule has 1 aromatic carbocycles. The van der Waals surface area contributed by atoms with Crippen LogP contribution < -0.4 is 9.47 Å². The average molecular weight is 400 g/mol. The van der Waals surface area contributed by atoms with Crippen LogP contribution in [0.2, 0.25) is 0 Å². The van der Waals surface area contributed by atoms with E-state index in [0.717, 1.165) is 63.7 Å². The number of carbonyl (C=O) groups is 1. The van der Waals surface area contributed by atoms with E-state index in [1.807, 2.05) is 6.07 Å². The van der Waals surface area contributed by atoms with Crippen molar-refractivity contribution in [1.29, 1.82) is 0 Å². The molecule has 6 nitrogen and oxygen atoms in total. The Bertz CT molecular complexity index is 726. The standard InChI is InChI=1S/C23H33N3O3/c27-23(25-9-1-2-10-25)19-4-3-11-26(16-19)20-7-12-24(13-8-20)15-18-5-6-21-22(14-18)29-17-28-21/h5-6,14,19-20H,1-4,7-13,15-17H2/t19-/m0/s1. The molecule has 3 fully saturated rings. The van der Waals surface area contributed by atoms with Gasteiger partial charge in [-0.25, -0.2) is 0 Å². The van der Waals surface area contributed by atoms with Gasteiger partial charge in [0.15, 0.2) is 11.5 Å². The first kappa shape index (κ1) is 19.2. The van der Waals surface area contributed by atoms with Crippen LogP contribution in [0.1, 0.15) is 44.1 Å². The van der Waals surface area contributed by atoms with Crippen LogP contribution in [0.15, 0.2) is 18.2 Å². The van der Waals surface area contributed by atoms with Gasteiger partial charge in [0.05, 0.1) is 5.92 Å². The van der Waals surface area contributed by atoms with Crippen LogP contribution in [0.4, 0.5) is 0 Å². The molecule has 0 unspecified atom stereocenters. The number of likely N-dealkylation sites (tertiary alicyclic amines) is 3. The maximum Gasteiger partial charge on any atom is 0.231 e. The van der Waals surface area contributed by atoms with Gasteiger partial charge in [0, 0.05) is 32.2 Å². The van der Waals surface area contributed by atoms with E-state index in [9.17, 15) is 4.79 Å². The molecule has 0 bridgehead atoms.